The van der Waals surface area contributed by atoms with Gasteiger partial charge in [0.15, 0.2) is 5.78 Å². The maximum atomic E-state index is 13.0. The van der Waals surface area contributed by atoms with Crippen molar-refractivity contribution in [3.05, 3.63) is 41.2 Å². The summed E-state index contributed by atoms with van der Waals surface area (Å²) < 4.78 is 0. The molecular formula is C21H33NO3. The molecule has 0 saturated heterocycles. The molecule has 1 aromatic heterocycles. The van der Waals surface area contributed by atoms with E-state index in [1.165, 1.54) is 0 Å². The van der Waals surface area contributed by atoms with Gasteiger partial charge in [0.25, 0.3) is 0 Å². The average molecular weight is 347 g/mol. The Morgan fingerprint density at radius 3 is 2.40 bits per heavy atom. The van der Waals surface area contributed by atoms with Crippen LogP contribution in [0.2, 0.25) is 0 Å². The van der Waals surface area contributed by atoms with Crippen LogP contribution in [0.5, 0.6) is 5.75 Å². The maximum absolute atomic E-state index is 13.0. The lowest BCUT2D eigenvalue weighted by Crippen LogP contribution is -2.22. The number of carbonyl (C=O) groups excluding carboxylic acids is 1. The number of H-pyrrole nitrogens is 1. The summed E-state index contributed by atoms with van der Waals surface area (Å²) in [6.07, 6.45) is 3.48. The maximum Gasteiger partial charge on any atom is 0.164 e. The van der Waals surface area contributed by atoms with Crippen LogP contribution in [0.1, 0.15) is 69.1 Å². The standard InChI is InChI=1S/C21H33NO3/c1-15-12-16(24)8-7-11-22-17(13-21(5,6)14-23)19(15)18(25)9-10-20(2,3)4/h7-8,11-12,22-24H,9-10,13-14H2,1-6H3. The molecule has 0 bridgehead atoms. The molecular weight excluding hydrogens is 314 g/mol. The second-order valence-electron chi connectivity index (χ2n) is 8.76. The molecule has 0 unspecified atom stereocenters. The second-order valence-corrected chi connectivity index (χ2v) is 8.76. The molecule has 1 rings (SSSR count). The smallest absolute Gasteiger partial charge is 0.164 e. The van der Waals surface area contributed by atoms with Crippen molar-refractivity contribution in [2.24, 2.45) is 10.8 Å². The van der Waals surface area contributed by atoms with Gasteiger partial charge in [-0.2, -0.15) is 0 Å². The van der Waals surface area contributed by atoms with E-state index in [2.05, 4.69) is 25.8 Å². The van der Waals surface area contributed by atoms with Gasteiger partial charge in [0.2, 0.25) is 0 Å². The minimum absolute atomic E-state index is 0.0254. The third-order valence-corrected chi connectivity index (χ3v) is 4.15. The van der Waals surface area contributed by atoms with Crippen molar-refractivity contribution in [2.75, 3.05) is 6.61 Å². The van der Waals surface area contributed by atoms with Crippen LogP contribution in [0, 0.1) is 17.8 Å². The molecule has 0 amide bonds. The van der Waals surface area contributed by atoms with E-state index >= 15 is 0 Å². The number of aromatic nitrogens is 1. The molecule has 1 aromatic rings. The molecule has 0 fully saturated rings. The van der Waals surface area contributed by atoms with E-state index in [0.29, 0.717) is 18.4 Å². The van der Waals surface area contributed by atoms with Gasteiger partial charge in [-0.05, 0) is 54.4 Å². The van der Waals surface area contributed by atoms with Crippen LogP contribution in [-0.2, 0) is 6.42 Å². The molecule has 0 spiro atoms. The lowest BCUT2D eigenvalue weighted by molar-refractivity contribution is 0.0962. The quantitative estimate of drug-likeness (QED) is 0.652. The van der Waals surface area contributed by atoms with E-state index in [0.717, 1.165) is 17.7 Å². The number of hydrogen-bond acceptors (Lipinski definition) is 3. The van der Waals surface area contributed by atoms with E-state index in [4.69, 9.17) is 0 Å². The number of aliphatic hydroxyl groups is 1. The third kappa shape index (κ3) is 7.30. The first kappa shape index (κ1) is 21.2. The Balaban J connectivity index is 3.48. The van der Waals surface area contributed by atoms with Crippen molar-refractivity contribution < 1.29 is 15.0 Å². The zero-order valence-corrected chi connectivity index (χ0v) is 16.4. The molecule has 4 nitrogen and oxygen atoms in total. The Labute approximate surface area is 151 Å². The highest BCUT2D eigenvalue weighted by molar-refractivity contribution is 5.98. The number of aromatic hydroxyl groups is 1. The molecule has 0 aliphatic heterocycles. The molecule has 1 heterocycles. The summed E-state index contributed by atoms with van der Waals surface area (Å²) in [7, 11) is 0. The van der Waals surface area contributed by atoms with Crippen LogP contribution in [0.15, 0.2) is 24.4 Å². The van der Waals surface area contributed by atoms with Crippen molar-refractivity contribution >= 4 is 5.78 Å². The fourth-order valence-corrected chi connectivity index (χ4v) is 2.62. The number of nitrogens with one attached hydrogen (secondary N) is 1. The number of rotatable bonds is 6. The minimum Gasteiger partial charge on any atom is -0.508 e. The number of hydrogen-bond donors (Lipinski definition) is 3. The molecule has 4 heteroatoms. The first-order valence-electron chi connectivity index (χ1n) is 8.83. The average Bonchev–Trinajstić information content (AvgIpc) is 2.53. The van der Waals surface area contributed by atoms with E-state index in [-0.39, 0.29) is 29.0 Å². The zero-order valence-electron chi connectivity index (χ0n) is 16.4. The normalized spacial score (nSPS) is 12.0. The van der Waals surface area contributed by atoms with E-state index in [1.54, 1.807) is 24.4 Å². The number of aliphatic hydroxyl groups excluding tert-OH is 1. The Morgan fingerprint density at radius 1 is 1.20 bits per heavy atom. The lowest BCUT2D eigenvalue weighted by atomic mass is 9.84. The van der Waals surface area contributed by atoms with Gasteiger partial charge in [-0.1, -0.05) is 34.6 Å². The van der Waals surface area contributed by atoms with Crippen LogP contribution in [0.4, 0.5) is 0 Å². The summed E-state index contributed by atoms with van der Waals surface area (Å²) in [4.78, 5) is 16.2. The van der Waals surface area contributed by atoms with Gasteiger partial charge in [-0.25, -0.2) is 0 Å². The number of carbonyl (C=O) groups is 1. The summed E-state index contributed by atoms with van der Waals surface area (Å²) in [5, 5.41) is 19.6. The SMILES string of the molecule is Cc1cc(O)ccc[nH]c(CC(C)(C)CO)c1C(=O)CCC(C)(C)C. The Morgan fingerprint density at radius 2 is 1.84 bits per heavy atom. The number of aryl methyl sites for hydroxylation is 1. The van der Waals surface area contributed by atoms with Gasteiger partial charge in [0, 0.05) is 30.5 Å². The molecule has 0 saturated carbocycles. The molecule has 25 heavy (non-hydrogen) atoms. The molecule has 0 aliphatic carbocycles. The highest BCUT2D eigenvalue weighted by atomic mass is 16.3. The number of Topliss-reactive ketones (excluding diaryl/α,β-unsaturated/α-hetero) is 1. The zero-order chi connectivity index (χ0) is 19.3. The van der Waals surface area contributed by atoms with E-state index < -0.39 is 0 Å². The van der Waals surface area contributed by atoms with Gasteiger partial charge in [0.1, 0.15) is 5.75 Å². The lowest BCUT2D eigenvalue weighted by Gasteiger charge is -2.23. The van der Waals surface area contributed by atoms with Gasteiger partial charge < -0.3 is 15.2 Å². The molecule has 3 N–H and O–H groups in total. The molecule has 0 atom stereocenters. The second kappa shape index (κ2) is 8.52. The third-order valence-electron chi connectivity index (χ3n) is 4.15. The highest BCUT2D eigenvalue weighted by Crippen LogP contribution is 2.27. The topological polar surface area (TPSA) is 73.3 Å². The molecule has 140 valence electrons. The van der Waals surface area contributed by atoms with Crippen LogP contribution >= 0.6 is 0 Å². The number of ketones is 1. The van der Waals surface area contributed by atoms with Crippen LogP contribution in [0.3, 0.4) is 0 Å². The summed E-state index contributed by atoms with van der Waals surface area (Å²) in [5.41, 5.74) is 1.85. The molecule has 0 aromatic carbocycles. The van der Waals surface area contributed by atoms with Crippen LogP contribution in [-0.4, -0.2) is 27.6 Å². The summed E-state index contributed by atoms with van der Waals surface area (Å²) in [6, 6.07) is 4.90. The van der Waals surface area contributed by atoms with Gasteiger partial charge >= 0.3 is 0 Å². The predicted octanol–water partition coefficient (Wildman–Crippen LogP) is 4.72. The van der Waals surface area contributed by atoms with Gasteiger partial charge in [0.05, 0.1) is 0 Å². The van der Waals surface area contributed by atoms with Crippen molar-refractivity contribution in [2.45, 2.75) is 60.8 Å². The summed E-state index contributed by atoms with van der Waals surface area (Å²) in [6.45, 7) is 12.1. The Bertz CT molecular complexity index is 650. The summed E-state index contributed by atoms with van der Waals surface area (Å²) >= 11 is 0. The molecule has 0 aliphatic rings. The van der Waals surface area contributed by atoms with Gasteiger partial charge in [-0.15, -0.1) is 0 Å². The largest absolute Gasteiger partial charge is 0.508 e. The van der Waals surface area contributed by atoms with Crippen molar-refractivity contribution in [1.82, 2.24) is 4.98 Å². The Kier molecular flexibility index (Phi) is 7.24. The first-order chi connectivity index (χ1) is 11.4. The van der Waals surface area contributed by atoms with Gasteiger partial charge in [-0.3, -0.25) is 4.79 Å². The van der Waals surface area contributed by atoms with Crippen LogP contribution < -0.4 is 0 Å². The fraction of sp³-hybridized carbons (Fsp3) is 0.571. The van der Waals surface area contributed by atoms with Crippen molar-refractivity contribution in [3.8, 4) is 5.75 Å². The summed E-state index contributed by atoms with van der Waals surface area (Å²) in [5.74, 6) is 0.169. The van der Waals surface area contributed by atoms with Crippen molar-refractivity contribution in [3.63, 3.8) is 0 Å². The first-order valence-corrected chi connectivity index (χ1v) is 8.83. The highest BCUT2D eigenvalue weighted by Gasteiger charge is 2.23. The number of aromatic amines is 1. The predicted molar refractivity (Wildman–Crippen MR) is 102 cm³/mol. The van der Waals surface area contributed by atoms with Crippen LogP contribution in [0.25, 0.3) is 0 Å². The van der Waals surface area contributed by atoms with E-state index in [9.17, 15) is 15.0 Å². The molecule has 0 radical (unpaired) electrons. The monoisotopic (exact) mass is 347 g/mol. The van der Waals surface area contributed by atoms with E-state index in [1.807, 2.05) is 20.8 Å². The van der Waals surface area contributed by atoms with Crippen molar-refractivity contribution in [1.29, 1.82) is 0 Å². The minimum atomic E-state index is -0.352. The Hall–Kier alpha value is -1.81. The fourth-order valence-electron chi connectivity index (χ4n) is 2.62.